The summed E-state index contributed by atoms with van der Waals surface area (Å²) in [5.74, 6) is 0.315. The molecular formula is C23H25NO4. The highest BCUT2D eigenvalue weighted by atomic mass is 16.7. The van der Waals surface area contributed by atoms with Gasteiger partial charge in [0.2, 0.25) is 12.2 Å². The minimum atomic E-state index is -0.428. The Balaban J connectivity index is 1.54. The molecule has 146 valence electrons. The Morgan fingerprint density at radius 1 is 1.07 bits per heavy atom. The number of carbonyl (C=O) groups is 1. The SMILES string of the molecule is CC1(C)COC(c2ccccc2-c2ccc(C(=O)OC3CCCCO3)cc2)=N1. The Kier molecular flexibility index (Phi) is 5.18. The zero-order valence-electron chi connectivity index (χ0n) is 16.3. The number of benzene rings is 2. The van der Waals surface area contributed by atoms with E-state index in [2.05, 4.69) is 13.8 Å². The smallest absolute Gasteiger partial charge is 0.340 e. The van der Waals surface area contributed by atoms with Crippen LogP contribution in [0.2, 0.25) is 0 Å². The summed E-state index contributed by atoms with van der Waals surface area (Å²) in [6, 6.07) is 15.5. The number of hydrogen-bond donors (Lipinski definition) is 0. The minimum Gasteiger partial charge on any atom is -0.475 e. The lowest BCUT2D eigenvalue weighted by molar-refractivity contribution is -0.130. The maximum absolute atomic E-state index is 12.4. The van der Waals surface area contributed by atoms with Crippen molar-refractivity contribution in [1.29, 1.82) is 0 Å². The van der Waals surface area contributed by atoms with Gasteiger partial charge in [0.05, 0.1) is 17.7 Å². The van der Waals surface area contributed by atoms with Crippen LogP contribution in [0.25, 0.3) is 11.1 Å². The van der Waals surface area contributed by atoms with Crippen LogP contribution < -0.4 is 0 Å². The number of carbonyl (C=O) groups excluding carboxylic acids is 1. The summed E-state index contributed by atoms with van der Waals surface area (Å²) in [5.41, 5.74) is 3.29. The Bertz CT molecular complexity index is 880. The average molecular weight is 379 g/mol. The number of hydrogen-bond acceptors (Lipinski definition) is 5. The van der Waals surface area contributed by atoms with Crippen LogP contribution in [0.1, 0.15) is 49.0 Å². The Morgan fingerprint density at radius 3 is 2.46 bits per heavy atom. The lowest BCUT2D eigenvalue weighted by atomic mass is 9.98. The molecule has 2 aromatic carbocycles. The molecule has 2 aromatic rings. The Hall–Kier alpha value is -2.66. The fourth-order valence-corrected chi connectivity index (χ4v) is 3.42. The van der Waals surface area contributed by atoms with Gasteiger partial charge < -0.3 is 14.2 Å². The minimum absolute atomic E-state index is 0.211. The van der Waals surface area contributed by atoms with Gasteiger partial charge in [-0.15, -0.1) is 0 Å². The number of esters is 1. The van der Waals surface area contributed by atoms with E-state index < -0.39 is 6.29 Å². The van der Waals surface area contributed by atoms with E-state index in [9.17, 15) is 4.79 Å². The molecule has 1 fully saturated rings. The molecule has 1 atom stereocenters. The van der Waals surface area contributed by atoms with Crippen molar-refractivity contribution in [2.45, 2.75) is 44.9 Å². The van der Waals surface area contributed by atoms with E-state index in [4.69, 9.17) is 19.2 Å². The topological polar surface area (TPSA) is 57.1 Å². The number of rotatable bonds is 4. The molecule has 5 heteroatoms. The van der Waals surface area contributed by atoms with Crippen LogP contribution in [-0.2, 0) is 14.2 Å². The summed E-state index contributed by atoms with van der Waals surface area (Å²) < 4.78 is 16.8. The van der Waals surface area contributed by atoms with Crippen LogP contribution >= 0.6 is 0 Å². The summed E-state index contributed by atoms with van der Waals surface area (Å²) in [4.78, 5) is 17.1. The highest BCUT2D eigenvalue weighted by Gasteiger charge is 2.28. The molecule has 2 aliphatic heterocycles. The number of ether oxygens (including phenoxy) is 3. The van der Waals surface area contributed by atoms with Gasteiger partial charge >= 0.3 is 5.97 Å². The van der Waals surface area contributed by atoms with E-state index in [1.807, 2.05) is 36.4 Å². The molecular weight excluding hydrogens is 354 g/mol. The van der Waals surface area contributed by atoms with Gasteiger partial charge in [0.25, 0.3) is 0 Å². The molecule has 2 heterocycles. The molecule has 0 saturated carbocycles. The summed E-state index contributed by atoms with van der Waals surface area (Å²) in [6.45, 7) is 5.33. The highest BCUT2D eigenvalue weighted by molar-refractivity contribution is 6.02. The van der Waals surface area contributed by atoms with Gasteiger partial charge in [-0.3, -0.25) is 0 Å². The lowest BCUT2D eigenvalue weighted by Gasteiger charge is -2.22. The third kappa shape index (κ3) is 4.09. The summed E-state index contributed by atoms with van der Waals surface area (Å²) >= 11 is 0. The largest absolute Gasteiger partial charge is 0.475 e. The van der Waals surface area contributed by atoms with Crippen LogP contribution in [-0.4, -0.2) is 36.9 Å². The van der Waals surface area contributed by atoms with E-state index in [-0.39, 0.29) is 11.5 Å². The van der Waals surface area contributed by atoms with Crippen molar-refractivity contribution in [2.24, 2.45) is 4.99 Å². The van der Waals surface area contributed by atoms with Crippen LogP contribution in [0.15, 0.2) is 53.5 Å². The first kappa shape index (κ1) is 18.7. The second-order valence-electron chi connectivity index (χ2n) is 7.84. The monoisotopic (exact) mass is 379 g/mol. The molecule has 1 unspecified atom stereocenters. The van der Waals surface area contributed by atoms with Crippen molar-refractivity contribution in [3.63, 3.8) is 0 Å². The third-order valence-electron chi connectivity index (χ3n) is 4.93. The third-order valence-corrected chi connectivity index (χ3v) is 4.93. The van der Waals surface area contributed by atoms with Gasteiger partial charge in [-0.05, 0) is 56.0 Å². The van der Waals surface area contributed by atoms with Crippen LogP contribution in [0, 0.1) is 0 Å². The van der Waals surface area contributed by atoms with E-state index in [1.165, 1.54) is 0 Å². The lowest BCUT2D eigenvalue weighted by Crippen LogP contribution is -2.25. The first-order valence-corrected chi connectivity index (χ1v) is 9.77. The zero-order valence-corrected chi connectivity index (χ0v) is 16.3. The van der Waals surface area contributed by atoms with Gasteiger partial charge in [0.1, 0.15) is 6.61 Å². The highest BCUT2D eigenvalue weighted by Crippen LogP contribution is 2.29. The van der Waals surface area contributed by atoms with E-state index in [1.54, 1.807) is 12.1 Å². The molecule has 0 aliphatic carbocycles. The molecule has 2 aliphatic rings. The van der Waals surface area contributed by atoms with Gasteiger partial charge in [-0.25, -0.2) is 9.79 Å². The summed E-state index contributed by atoms with van der Waals surface area (Å²) in [6.07, 6.45) is 2.38. The van der Waals surface area contributed by atoms with Crippen molar-refractivity contribution in [2.75, 3.05) is 13.2 Å². The molecule has 0 bridgehead atoms. The van der Waals surface area contributed by atoms with Gasteiger partial charge in [0.15, 0.2) is 0 Å². The standard InChI is InChI=1S/C23H25NO4/c1-23(2)15-27-21(24-23)19-8-4-3-7-18(19)16-10-12-17(13-11-16)22(25)28-20-9-5-6-14-26-20/h3-4,7-8,10-13,20H,5-6,9,14-15H2,1-2H3. The number of nitrogens with zero attached hydrogens (tertiary/aromatic N) is 1. The number of aliphatic imine (C=N–C) groups is 1. The molecule has 0 N–H and O–H groups in total. The van der Waals surface area contributed by atoms with Crippen molar-refractivity contribution in [3.05, 3.63) is 59.7 Å². The molecule has 28 heavy (non-hydrogen) atoms. The first-order valence-electron chi connectivity index (χ1n) is 9.77. The van der Waals surface area contributed by atoms with Crippen molar-refractivity contribution >= 4 is 11.9 Å². The maximum Gasteiger partial charge on any atom is 0.340 e. The van der Waals surface area contributed by atoms with Crippen LogP contribution in [0.4, 0.5) is 0 Å². The first-order chi connectivity index (χ1) is 13.5. The molecule has 5 nitrogen and oxygen atoms in total. The summed E-state index contributed by atoms with van der Waals surface area (Å²) in [5, 5.41) is 0. The Morgan fingerprint density at radius 2 is 1.82 bits per heavy atom. The molecule has 1 saturated heterocycles. The van der Waals surface area contributed by atoms with E-state index in [0.717, 1.165) is 36.0 Å². The van der Waals surface area contributed by atoms with Crippen molar-refractivity contribution < 1.29 is 19.0 Å². The summed E-state index contributed by atoms with van der Waals surface area (Å²) in [7, 11) is 0. The van der Waals surface area contributed by atoms with Crippen LogP contribution in [0.5, 0.6) is 0 Å². The van der Waals surface area contributed by atoms with Gasteiger partial charge in [0, 0.05) is 12.0 Å². The van der Waals surface area contributed by atoms with Gasteiger partial charge in [-0.2, -0.15) is 0 Å². The molecule has 0 spiro atoms. The van der Waals surface area contributed by atoms with Crippen molar-refractivity contribution in [3.8, 4) is 11.1 Å². The van der Waals surface area contributed by atoms with Crippen molar-refractivity contribution in [1.82, 2.24) is 0 Å². The van der Waals surface area contributed by atoms with E-state index >= 15 is 0 Å². The zero-order chi connectivity index (χ0) is 19.6. The molecule has 0 aromatic heterocycles. The fourth-order valence-electron chi connectivity index (χ4n) is 3.42. The van der Waals surface area contributed by atoms with Crippen LogP contribution in [0.3, 0.4) is 0 Å². The maximum atomic E-state index is 12.4. The normalized spacial score (nSPS) is 20.9. The molecule has 0 radical (unpaired) electrons. The van der Waals surface area contributed by atoms with E-state index in [0.29, 0.717) is 24.7 Å². The molecule has 4 rings (SSSR count). The fraction of sp³-hybridized carbons (Fsp3) is 0.391. The second-order valence-corrected chi connectivity index (χ2v) is 7.84. The van der Waals surface area contributed by atoms with Gasteiger partial charge in [-0.1, -0.05) is 30.3 Å². The quantitative estimate of drug-likeness (QED) is 0.729. The predicted molar refractivity (Wildman–Crippen MR) is 107 cm³/mol. The second kappa shape index (κ2) is 7.76. The average Bonchev–Trinajstić information content (AvgIpc) is 3.08. The molecule has 0 amide bonds. The Labute approximate surface area is 165 Å². The predicted octanol–water partition coefficient (Wildman–Crippen LogP) is 4.59.